The normalized spacial score (nSPS) is 14.0. The summed E-state index contributed by atoms with van der Waals surface area (Å²) in [5.74, 6) is 0.0473. The predicted molar refractivity (Wildman–Crippen MR) is 147 cm³/mol. The number of amides is 1. The molecule has 0 N–H and O–H groups in total. The van der Waals surface area contributed by atoms with E-state index in [9.17, 15) is 9.59 Å². The Morgan fingerprint density at radius 1 is 0.892 bits per heavy atom. The Bertz CT molecular complexity index is 1670. The van der Waals surface area contributed by atoms with Crippen molar-refractivity contribution in [1.29, 1.82) is 0 Å². The van der Waals surface area contributed by atoms with Crippen molar-refractivity contribution in [3.05, 3.63) is 112 Å². The minimum Gasteiger partial charge on any atom is -0.368 e. The molecule has 0 unspecified atom stereocenters. The maximum Gasteiger partial charge on any atom is 0.276 e. The summed E-state index contributed by atoms with van der Waals surface area (Å²) in [5.41, 5.74) is 7.43. The number of piperazine rings is 1. The molecule has 37 heavy (non-hydrogen) atoms. The van der Waals surface area contributed by atoms with Gasteiger partial charge in [-0.25, -0.2) is 4.98 Å². The van der Waals surface area contributed by atoms with E-state index in [1.165, 1.54) is 16.8 Å². The largest absolute Gasteiger partial charge is 0.368 e. The van der Waals surface area contributed by atoms with Crippen molar-refractivity contribution in [1.82, 2.24) is 18.9 Å². The van der Waals surface area contributed by atoms with E-state index >= 15 is 0 Å². The molecule has 0 spiro atoms. The van der Waals surface area contributed by atoms with Crippen LogP contribution >= 0.6 is 0 Å². The van der Waals surface area contributed by atoms with Crippen molar-refractivity contribution in [3.8, 4) is 0 Å². The third-order valence-electron chi connectivity index (χ3n) is 7.31. The van der Waals surface area contributed by atoms with Gasteiger partial charge in [0, 0.05) is 49.8 Å². The summed E-state index contributed by atoms with van der Waals surface area (Å²) in [7, 11) is 0. The van der Waals surface area contributed by atoms with E-state index in [-0.39, 0.29) is 11.5 Å². The smallest absolute Gasteiger partial charge is 0.276 e. The zero-order valence-corrected chi connectivity index (χ0v) is 21.1. The van der Waals surface area contributed by atoms with Gasteiger partial charge in [-0.2, -0.15) is 0 Å². The van der Waals surface area contributed by atoms with Crippen LogP contribution in [0.15, 0.2) is 83.9 Å². The lowest BCUT2D eigenvalue weighted by molar-refractivity contribution is 0.0746. The number of rotatable bonds is 4. The van der Waals surface area contributed by atoms with Crippen LogP contribution in [0.1, 0.15) is 27.0 Å². The highest BCUT2D eigenvalue weighted by atomic mass is 16.2. The van der Waals surface area contributed by atoms with Gasteiger partial charge in [-0.15, -0.1) is 0 Å². The Morgan fingerprint density at radius 2 is 1.65 bits per heavy atom. The SMILES string of the molecule is Cc1ccc(C)c(N2CCN(C(=O)c3ccc(Cn4c(=O)c5cccn5c5cccnc54)cc3)CC2)c1. The molecular weight excluding hydrogens is 462 g/mol. The summed E-state index contributed by atoms with van der Waals surface area (Å²) in [6.07, 6.45) is 3.59. The highest BCUT2D eigenvalue weighted by Crippen LogP contribution is 2.23. The van der Waals surface area contributed by atoms with E-state index in [2.05, 4.69) is 41.9 Å². The molecule has 1 amide bonds. The quantitative estimate of drug-likeness (QED) is 0.377. The minimum absolute atomic E-state index is 0.0473. The molecule has 2 aromatic carbocycles. The summed E-state index contributed by atoms with van der Waals surface area (Å²) in [4.78, 5) is 35.2. The van der Waals surface area contributed by atoms with Crippen LogP contribution in [0, 0.1) is 13.8 Å². The molecule has 1 fully saturated rings. The third kappa shape index (κ3) is 4.16. The highest BCUT2D eigenvalue weighted by molar-refractivity contribution is 5.94. The maximum absolute atomic E-state index is 13.2. The van der Waals surface area contributed by atoms with Crippen LogP contribution in [0.3, 0.4) is 0 Å². The van der Waals surface area contributed by atoms with Crippen molar-refractivity contribution < 1.29 is 4.79 Å². The van der Waals surface area contributed by atoms with Crippen LogP contribution < -0.4 is 10.5 Å². The average molecular weight is 492 g/mol. The van der Waals surface area contributed by atoms with Crippen LogP contribution in [-0.2, 0) is 6.54 Å². The van der Waals surface area contributed by atoms with E-state index in [4.69, 9.17) is 0 Å². The molecule has 7 heteroatoms. The van der Waals surface area contributed by atoms with Crippen LogP contribution in [0.2, 0.25) is 0 Å². The summed E-state index contributed by atoms with van der Waals surface area (Å²) < 4.78 is 3.58. The van der Waals surface area contributed by atoms with Gasteiger partial charge in [-0.05, 0) is 73.0 Å². The lowest BCUT2D eigenvalue weighted by atomic mass is 10.1. The zero-order chi connectivity index (χ0) is 25.5. The Balaban J connectivity index is 1.18. The second kappa shape index (κ2) is 9.24. The van der Waals surface area contributed by atoms with Gasteiger partial charge in [0.05, 0.1) is 12.1 Å². The summed E-state index contributed by atoms with van der Waals surface area (Å²) in [5, 5.41) is 0. The monoisotopic (exact) mass is 491 g/mol. The van der Waals surface area contributed by atoms with Crippen molar-refractivity contribution in [2.45, 2.75) is 20.4 Å². The Morgan fingerprint density at radius 3 is 2.43 bits per heavy atom. The molecule has 0 atom stereocenters. The predicted octanol–water partition coefficient (Wildman–Crippen LogP) is 4.28. The van der Waals surface area contributed by atoms with Gasteiger partial charge in [0.15, 0.2) is 5.65 Å². The number of benzene rings is 2. The third-order valence-corrected chi connectivity index (χ3v) is 7.31. The minimum atomic E-state index is -0.0851. The molecule has 0 aliphatic carbocycles. The van der Waals surface area contributed by atoms with Gasteiger partial charge >= 0.3 is 0 Å². The maximum atomic E-state index is 13.2. The zero-order valence-electron chi connectivity index (χ0n) is 21.1. The van der Waals surface area contributed by atoms with Crippen molar-refractivity contribution >= 4 is 28.3 Å². The number of hydrogen-bond acceptors (Lipinski definition) is 4. The fraction of sp³-hybridized carbons (Fsp3) is 0.233. The molecule has 0 saturated carbocycles. The number of nitrogens with zero attached hydrogens (tertiary/aromatic N) is 5. The van der Waals surface area contributed by atoms with E-state index < -0.39 is 0 Å². The Hall–Kier alpha value is -4.39. The molecule has 0 radical (unpaired) electrons. The second-order valence-corrected chi connectivity index (χ2v) is 9.77. The number of carbonyl (C=O) groups is 1. The molecule has 6 rings (SSSR count). The molecule has 1 aliphatic rings. The van der Waals surface area contributed by atoms with E-state index in [0.717, 1.165) is 24.2 Å². The Kier molecular flexibility index (Phi) is 5.75. The molecular formula is C30H29N5O2. The number of pyridine rings is 1. The van der Waals surface area contributed by atoms with E-state index in [1.807, 2.05) is 64.0 Å². The molecule has 1 saturated heterocycles. The number of aromatic nitrogens is 3. The number of fused-ring (bicyclic) bond motifs is 3. The fourth-order valence-electron chi connectivity index (χ4n) is 5.26. The number of carbonyl (C=O) groups excluding carboxylic acids is 1. The number of aryl methyl sites for hydroxylation is 2. The van der Waals surface area contributed by atoms with Gasteiger partial charge in [0.1, 0.15) is 5.52 Å². The summed E-state index contributed by atoms with van der Waals surface area (Å²) in [6, 6.07) is 21.7. The van der Waals surface area contributed by atoms with Crippen LogP contribution in [0.5, 0.6) is 0 Å². The van der Waals surface area contributed by atoms with E-state index in [0.29, 0.717) is 36.4 Å². The fourth-order valence-corrected chi connectivity index (χ4v) is 5.26. The number of hydrogen-bond donors (Lipinski definition) is 0. The van der Waals surface area contributed by atoms with Gasteiger partial charge in [0.2, 0.25) is 0 Å². The highest BCUT2D eigenvalue weighted by Gasteiger charge is 2.23. The molecule has 4 heterocycles. The lowest BCUT2D eigenvalue weighted by Crippen LogP contribution is -2.49. The first kappa shape index (κ1) is 23.0. The van der Waals surface area contributed by atoms with Crippen LogP contribution in [0.25, 0.3) is 16.7 Å². The standard InChI is InChI=1S/C30H29N5O2/c1-21-7-8-22(2)27(19-21)32-15-17-33(18-16-32)29(36)24-11-9-23(10-12-24)20-35-28-25(5-3-13-31-28)34-14-4-6-26(34)30(35)37/h3-14,19H,15-18,20H2,1-2H3. The van der Waals surface area contributed by atoms with Crippen LogP contribution in [0.4, 0.5) is 5.69 Å². The van der Waals surface area contributed by atoms with Gasteiger partial charge in [0.25, 0.3) is 11.5 Å². The first-order valence-electron chi connectivity index (χ1n) is 12.6. The molecule has 186 valence electrons. The first-order chi connectivity index (χ1) is 18.0. The van der Waals surface area contributed by atoms with Crippen molar-refractivity contribution in [2.75, 3.05) is 31.1 Å². The number of anilines is 1. The average Bonchev–Trinajstić information content (AvgIpc) is 3.43. The summed E-state index contributed by atoms with van der Waals surface area (Å²) in [6.45, 7) is 7.66. The van der Waals surface area contributed by atoms with Crippen molar-refractivity contribution in [2.24, 2.45) is 0 Å². The summed E-state index contributed by atoms with van der Waals surface area (Å²) >= 11 is 0. The van der Waals surface area contributed by atoms with Gasteiger partial charge < -0.3 is 14.2 Å². The molecule has 0 bridgehead atoms. The first-order valence-corrected chi connectivity index (χ1v) is 12.6. The molecule has 5 aromatic rings. The lowest BCUT2D eigenvalue weighted by Gasteiger charge is -2.37. The van der Waals surface area contributed by atoms with Gasteiger partial charge in [-0.1, -0.05) is 24.3 Å². The Labute approximate surface area is 215 Å². The van der Waals surface area contributed by atoms with Gasteiger partial charge in [-0.3, -0.25) is 14.2 Å². The topological polar surface area (TPSA) is 62.8 Å². The molecule has 1 aliphatic heterocycles. The van der Waals surface area contributed by atoms with E-state index in [1.54, 1.807) is 10.8 Å². The van der Waals surface area contributed by atoms with Crippen LogP contribution in [-0.4, -0.2) is 50.9 Å². The second-order valence-electron chi connectivity index (χ2n) is 9.77. The van der Waals surface area contributed by atoms with Crippen molar-refractivity contribution in [3.63, 3.8) is 0 Å². The molecule has 7 nitrogen and oxygen atoms in total. The molecule has 3 aromatic heterocycles.